The molecule has 0 saturated carbocycles. The third kappa shape index (κ3) is 3.80. The first-order valence-corrected chi connectivity index (χ1v) is 8.40. The molecule has 0 unspecified atom stereocenters. The molecule has 9 heteroatoms. The zero-order chi connectivity index (χ0) is 16.9. The van der Waals surface area contributed by atoms with Crippen LogP contribution in [0, 0.1) is 0 Å². The van der Waals surface area contributed by atoms with Crippen molar-refractivity contribution in [2.45, 2.75) is 32.4 Å². The lowest BCUT2D eigenvalue weighted by Crippen LogP contribution is -2.38. The Balaban J connectivity index is 1.54. The average Bonchev–Trinajstić information content (AvgIpc) is 3.28. The van der Waals surface area contributed by atoms with E-state index < -0.39 is 5.69 Å². The number of hydrogen-bond acceptors (Lipinski definition) is 6. The van der Waals surface area contributed by atoms with Crippen LogP contribution in [0.25, 0.3) is 5.00 Å². The molecule has 126 valence electrons. The maximum absolute atomic E-state index is 12.2. The molecule has 3 aromatic rings. The molecule has 0 aliphatic heterocycles. The first-order chi connectivity index (χ1) is 11.6. The van der Waals surface area contributed by atoms with Crippen LogP contribution >= 0.6 is 11.3 Å². The largest absolute Gasteiger partial charge is 0.469 e. The second kappa shape index (κ2) is 7.26. The number of furan rings is 1. The SMILES string of the molecule is C[C@@H](CCc1ccco1)NC(=O)Cn1nnn(-c2cccs2)c1=O. The van der Waals surface area contributed by atoms with E-state index in [-0.39, 0.29) is 18.5 Å². The van der Waals surface area contributed by atoms with Crippen molar-refractivity contribution >= 4 is 17.2 Å². The van der Waals surface area contributed by atoms with E-state index in [0.717, 1.165) is 23.3 Å². The Hall–Kier alpha value is -2.68. The fourth-order valence-corrected chi connectivity index (χ4v) is 2.91. The Labute approximate surface area is 141 Å². The minimum atomic E-state index is -0.434. The van der Waals surface area contributed by atoms with Gasteiger partial charge in [0.2, 0.25) is 5.91 Å². The van der Waals surface area contributed by atoms with Gasteiger partial charge in [-0.1, -0.05) is 0 Å². The minimum absolute atomic E-state index is 0.0364. The predicted molar refractivity (Wildman–Crippen MR) is 88.1 cm³/mol. The maximum Gasteiger partial charge on any atom is 0.369 e. The molecule has 0 bridgehead atoms. The second-order valence-electron chi connectivity index (χ2n) is 5.37. The van der Waals surface area contributed by atoms with Gasteiger partial charge in [0.1, 0.15) is 17.3 Å². The third-order valence-corrected chi connectivity index (χ3v) is 4.30. The number of thiophene rings is 1. The Kier molecular flexibility index (Phi) is 4.90. The summed E-state index contributed by atoms with van der Waals surface area (Å²) in [6, 6.07) is 7.28. The summed E-state index contributed by atoms with van der Waals surface area (Å²) in [6.07, 6.45) is 3.11. The molecule has 0 fully saturated rings. The van der Waals surface area contributed by atoms with Gasteiger partial charge < -0.3 is 9.73 Å². The molecule has 0 saturated heterocycles. The summed E-state index contributed by atoms with van der Waals surface area (Å²) in [5.41, 5.74) is -0.434. The molecule has 0 spiro atoms. The molecule has 1 amide bonds. The number of hydrogen-bond donors (Lipinski definition) is 1. The number of aryl methyl sites for hydroxylation is 1. The Bertz CT molecular complexity index is 835. The molecule has 0 aliphatic rings. The van der Waals surface area contributed by atoms with Crippen LogP contribution in [-0.4, -0.2) is 31.7 Å². The van der Waals surface area contributed by atoms with Gasteiger partial charge in [0, 0.05) is 12.5 Å². The van der Waals surface area contributed by atoms with Gasteiger partial charge in [-0.2, -0.15) is 9.36 Å². The first-order valence-electron chi connectivity index (χ1n) is 7.52. The molecular formula is C15H17N5O3S. The number of rotatable bonds is 7. The van der Waals surface area contributed by atoms with Crippen molar-refractivity contribution in [1.29, 1.82) is 0 Å². The summed E-state index contributed by atoms with van der Waals surface area (Å²) < 4.78 is 7.49. The molecule has 3 aromatic heterocycles. The van der Waals surface area contributed by atoms with E-state index in [1.165, 1.54) is 16.0 Å². The fraction of sp³-hybridized carbons (Fsp3) is 0.333. The first kappa shape index (κ1) is 16.2. The third-order valence-electron chi connectivity index (χ3n) is 3.46. The highest BCUT2D eigenvalue weighted by atomic mass is 32.1. The summed E-state index contributed by atoms with van der Waals surface area (Å²) in [6.45, 7) is 1.75. The van der Waals surface area contributed by atoms with Crippen LogP contribution in [0.2, 0.25) is 0 Å². The van der Waals surface area contributed by atoms with E-state index in [2.05, 4.69) is 15.7 Å². The van der Waals surface area contributed by atoms with Gasteiger partial charge in [-0.15, -0.1) is 11.3 Å². The van der Waals surface area contributed by atoms with Gasteiger partial charge in [0.25, 0.3) is 0 Å². The van der Waals surface area contributed by atoms with Gasteiger partial charge in [-0.25, -0.2) is 4.79 Å². The van der Waals surface area contributed by atoms with E-state index in [1.807, 2.05) is 30.5 Å². The molecule has 3 rings (SSSR count). The highest BCUT2D eigenvalue weighted by molar-refractivity contribution is 7.12. The molecule has 3 heterocycles. The number of nitrogens with zero attached hydrogens (tertiary/aromatic N) is 4. The summed E-state index contributed by atoms with van der Waals surface area (Å²) in [5.74, 6) is 0.605. The number of nitrogens with one attached hydrogen (secondary N) is 1. The van der Waals surface area contributed by atoms with Crippen molar-refractivity contribution in [2.24, 2.45) is 0 Å². The highest BCUT2D eigenvalue weighted by Gasteiger charge is 2.14. The predicted octanol–water partition coefficient (Wildman–Crippen LogP) is 1.22. The summed E-state index contributed by atoms with van der Waals surface area (Å²) >= 11 is 1.38. The van der Waals surface area contributed by atoms with Crippen molar-refractivity contribution in [1.82, 2.24) is 25.1 Å². The van der Waals surface area contributed by atoms with Crippen LogP contribution in [-0.2, 0) is 17.8 Å². The van der Waals surface area contributed by atoms with Gasteiger partial charge in [-0.05, 0) is 53.4 Å². The molecule has 1 N–H and O–H groups in total. The summed E-state index contributed by atoms with van der Waals surface area (Å²) in [7, 11) is 0. The smallest absolute Gasteiger partial charge is 0.369 e. The Morgan fingerprint density at radius 1 is 1.38 bits per heavy atom. The van der Waals surface area contributed by atoms with Crippen molar-refractivity contribution in [3.8, 4) is 5.00 Å². The zero-order valence-corrected chi connectivity index (χ0v) is 13.9. The number of carbonyl (C=O) groups is 1. The average molecular weight is 347 g/mol. The van der Waals surface area contributed by atoms with Crippen LogP contribution in [0.5, 0.6) is 0 Å². The lowest BCUT2D eigenvalue weighted by Gasteiger charge is -2.12. The molecule has 0 aromatic carbocycles. The molecule has 0 radical (unpaired) electrons. The van der Waals surface area contributed by atoms with Gasteiger partial charge in [0.15, 0.2) is 0 Å². The molecule has 1 atom stereocenters. The van der Waals surface area contributed by atoms with E-state index in [1.54, 1.807) is 12.3 Å². The number of carbonyl (C=O) groups excluding carboxylic acids is 1. The minimum Gasteiger partial charge on any atom is -0.469 e. The van der Waals surface area contributed by atoms with Crippen LogP contribution < -0.4 is 11.0 Å². The molecule has 0 aliphatic carbocycles. The molecule has 8 nitrogen and oxygen atoms in total. The second-order valence-corrected chi connectivity index (χ2v) is 6.29. The van der Waals surface area contributed by atoms with Gasteiger partial charge >= 0.3 is 5.69 Å². The van der Waals surface area contributed by atoms with Crippen LogP contribution in [0.4, 0.5) is 0 Å². The normalized spacial score (nSPS) is 12.2. The fourth-order valence-electron chi connectivity index (χ4n) is 2.24. The summed E-state index contributed by atoms with van der Waals surface area (Å²) in [5, 5.41) is 12.9. The highest BCUT2D eigenvalue weighted by Crippen LogP contribution is 2.10. The maximum atomic E-state index is 12.2. The molecule has 24 heavy (non-hydrogen) atoms. The van der Waals surface area contributed by atoms with Gasteiger partial charge in [0.05, 0.1) is 6.26 Å². The van der Waals surface area contributed by atoms with Crippen LogP contribution in [0.3, 0.4) is 0 Å². The van der Waals surface area contributed by atoms with Crippen molar-refractivity contribution in [2.75, 3.05) is 0 Å². The summed E-state index contributed by atoms with van der Waals surface area (Å²) in [4.78, 5) is 24.2. The van der Waals surface area contributed by atoms with E-state index in [4.69, 9.17) is 4.42 Å². The Morgan fingerprint density at radius 3 is 2.96 bits per heavy atom. The zero-order valence-electron chi connectivity index (χ0n) is 13.1. The van der Waals surface area contributed by atoms with Crippen molar-refractivity contribution < 1.29 is 9.21 Å². The number of tetrazole rings is 1. The lowest BCUT2D eigenvalue weighted by atomic mass is 10.1. The van der Waals surface area contributed by atoms with Crippen molar-refractivity contribution in [3.63, 3.8) is 0 Å². The standard InChI is InChI=1S/C15H17N5O3S/c1-11(6-7-12-4-2-8-23-12)16-13(21)10-19-15(22)20(18-17-19)14-5-3-9-24-14/h2-5,8-9,11H,6-7,10H2,1H3,(H,16,21)/t11-/m0/s1. The van der Waals surface area contributed by atoms with Crippen LogP contribution in [0.1, 0.15) is 19.1 Å². The monoisotopic (exact) mass is 347 g/mol. The van der Waals surface area contributed by atoms with E-state index in [9.17, 15) is 9.59 Å². The Morgan fingerprint density at radius 2 is 2.25 bits per heavy atom. The molecular weight excluding hydrogens is 330 g/mol. The quantitative estimate of drug-likeness (QED) is 0.693. The van der Waals surface area contributed by atoms with Crippen molar-refractivity contribution in [3.05, 3.63) is 52.2 Å². The topological polar surface area (TPSA) is 94.9 Å². The van der Waals surface area contributed by atoms with E-state index >= 15 is 0 Å². The number of amides is 1. The number of aromatic nitrogens is 4. The van der Waals surface area contributed by atoms with Crippen LogP contribution in [0.15, 0.2) is 45.1 Å². The van der Waals surface area contributed by atoms with E-state index in [0.29, 0.717) is 5.00 Å². The lowest BCUT2D eigenvalue weighted by molar-refractivity contribution is -0.122. The van der Waals surface area contributed by atoms with Gasteiger partial charge in [-0.3, -0.25) is 4.79 Å².